The Kier molecular flexibility index (Phi) is 8.75. The number of aliphatic hydroxyl groups excluding tert-OH is 1. The topological polar surface area (TPSA) is 78.4 Å². The van der Waals surface area contributed by atoms with Crippen LogP contribution in [0.3, 0.4) is 0 Å². The summed E-state index contributed by atoms with van der Waals surface area (Å²) in [6.45, 7) is 13.0. The molecule has 2 aromatic carbocycles. The molecule has 2 aromatic rings. The summed E-state index contributed by atoms with van der Waals surface area (Å²) >= 11 is 0. The van der Waals surface area contributed by atoms with Crippen LogP contribution in [0.25, 0.3) is 0 Å². The highest BCUT2D eigenvalue weighted by atomic mass is 16.3. The Morgan fingerprint density at radius 2 is 1.50 bits per heavy atom. The highest BCUT2D eigenvalue weighted by molar-refractivity contribution is 6.07. The quantitative estimate of drug-likeness (QED) is 0.257. The van der Waals surface area contributed by atoms with Gasteiger partial charge in [-0.25, -0.2) is 0 Å². The van der Waals surface area contributed by atoms with Crippen LogP contribution in [-0.2, 0) is 4.79 Å². The molecule has 0 bridgehead atoms. The zero-order valence-corrected chi connectivity index (χ0v) is 18.0. The molecule has 0 saturated carbocycles. The van der Waals surface area contributed by atoms with Gasteiger partial charge in [0.2, 0.25) is 0 Å². The lowest BCUT2D eigenvalue weighted by atomic mass is 10.1. The van der Waals surface area contributed by atoms with Gasteiger partial charge in [-0.05, 0) is 66.6 Å². The molecule has 0 atom stereocenters. The summed E-state index contributed by atoms with van der Waals surface area (Å²) in [5, 5.41) is 15.0. The van der Waals surface area contributed by atoms with Gasteiger partial charge in [0.25, 0.3) is 11.8 Å². The molecule has 5 nitrogen and oxygen atoms in total. The van der Waals surface area contributed by atoms with E-state index >= 15 is 0 Å². The number of anilines is 2. The van der Waals surface area contributed by atoms with Gasteiger partial charge >= 0.3 is 0 Å². The van der Waals surface area contributed by atoms with Gasteiger partial charge in [0.1, 0.15) is 5.76 Å². The molecule has 3 N–H and O–H groups in total. The van der Waals surface area contributed by atoms with Gasteiger partial charge in [0.15, 0.2) is 0 Å². The molecular formula is C27H26N2O3. The molecule has 162 valence electrons. The average Bonchev–Trinajstić information content (AvgIpc) is 2.81. The monoisotopic (exact) mass is 426 g/mol. The number of carbonyl (C=O) groups is 2. The van der Waals surface area contributed by atoms with Crippen molar-refractivity contribution in [1.29, 1.82) is 0 Å². The standard InChI is InChI=1S/C27H26N2O3/c1-5-25(30)17-16-20(3)19(2)14-15-21(4)26(31)28-23-12-9-13-24(18-23)29-27(32)22-10-7-6-8-11-22/h5-18,30H,1-2,4H2,3H3,(H,28,31)(H,29,32)/b15-14-,20-16+,25-17+. The van der Waals surface area contributed by atoms with Gasteiger partial charge in [-0.1, -0.05) is 56.2 Å². The van der Waals surface area contributed by atoms with Gasteiger partial charge in [0, 0.05) is 22.5 Å². The third kappa shape index (κ3) is 7.46. The number of rotatable bonds is 9. The predicted octanol–water partition coefficient (Wildman–Crippen LogP) is 6.12. The molecule has 0 aromatic heterocycles. The average molecular weight is 427 g/mol. The van der Waals surface area contributed by atoms with Crippen LogP contribution < -0.4 is 10.6 Å². The summed E-state index contributed by atoms with van der Waals surface area (Å²) < 4.78 is 0. The van der Waals surface area contributed by atoms with Crippen molar-refractivity contribution in [2.24, 2.45) is 0 Å². The minimum Gasteiger partial charge on any atom is -0.508 e. The fourth-order valence-electron chi connectivity index (χ4n) is 2.47. The molecule has 0 spiro atoms. The molecule has 0 heterocycles. The van der Waals surface area contributed by atoms with Crippen molar-refractivity contribution in [3.05, 3.63) is 133 Å². The SMILES string of the molecule is C=C/C(O)=C\C=C(/C)C(=C)/C=C\C(=C)C(=O)Nc1cccc(NC(=O)c2ccccc2)c1. The van der Waals surface area contributed by atoms with Gasteiger partial charge in [0.05, 0.1) is 0 Å². The summed E-state index contributed by atoms with van der Waals surface area (Å²) in [4.78, 5) is 24.8. The molecule has 2 amide bonds. The zero-order chi connectivity index (χ0) is 23.5. The van der Waals surface area contributed by atoms with Crippen molar-refractivity contribution in [1.82, 2.24) is 0 Å². The summed E-state index contributed by atoms with van der Waals surface area (Å²) in [5.41, 5.74) is 3.34. The largest absolute Gasteiger partial charge is 0.508 e. The van der Waals surface area contributed by atoms with Crippen LogP contribution in [0.2, 0.25) is 0 Å². The van der Waals surface area contributed by atoms with E-state index in [0.717, 1.165) is 5.57 Å². The van der Waals surface area contributed by atoms with E-state index in [1.165, 1.54) is 12.2 Å². The van der Waals surface area contributed by atoms with Crippen LogP contribution in [-0.4, -0.2) is 16.9 Å². The van der Waals surface area contributed by atoms with E-state index < -0.39 is 0 Å². The molecule has 0 aliphatic carbocycles. The van der Waals surface area contributed by atoms with E-state index in [2.05, 4.69) is 30.4 Å². The molecule has 0 aliphatic rings. The van der Waals surface area contributed by atoms with Gasteiger partial charge in [-0.3, -0.25) is 9.59 Å². The number of nitrogens with one attached hydrogen (secondary N) is 2. The van der Waals surface area contributed by atoms with Crippen molar-refractivity contribution in [2.75, 3.05) is 10.6 Å². The molecule has 0 fully saturated rings. The highest BCUT2D eigenvalue weighted by Crippen LogP contribution is 2.17. The lowest BCUT2D eigenvalue weighted by molar-refractivity contribution is -0.112. The van der Waals surface area contributed by atoms with Crippen LogP contribution in [0.4, 0.5) is 11.4 Å². The van der Waals surface area contributed by atoms with Crippen LogP contribution in [0.15, 0.2) is 127 Å². The highest BCUT2D eigenvalue weighted by Gasteiger charge is 2.08. The molecule has 0 aliphatic heterocycles. The number of hydrogen-bond acceptors (Lipinski definition) is 3. The van der Waals surface area contributed by atoms with Crippen molar-refractivity contribution < 1.29 is 14.7 Å². The van der Waals surface area contributed by atoms with Crippen LogP contribution in [0.1, 0.15) is 17.3 Å². The van der Waals surface area contributed by atoms with Crippen molar-refractivity contribution in [2.45, 2.75) is 6.92 Å². The summed E-state index contributed by atoms with van der Waals surface area (Å²) in [6, 6.07) is 15.7. The van der Waals surface area contributed by atoms with E-state index in [-0.39, 0.29) is 23.1 Å². The first-order chi connectivity index (χ1) is 15.3. The third-order valence-corrected chi connectivity index (χ3v) is 4.41. The zero-order valence-electron chi connectivity index (χ0n) is 18.0. The van der Waals surface area contributed by atoms with E-state index in [1.54, 1.807) is 66.8 Å². The van der Waals surface area contributed by atoms with Gasteiger partial charge in [-0.2, -0.15) is 0 Å². The minimum absolute atomic E-state index is 0.0482. The predicted molar refractivity (Wildman–Crippen MR) is 132 cm³/mol. The van der Waals surface area contributed by atoms with Crippen molar-refractivity contribution in [3.63, 3.8) is 0 Å². The number of hydrogen-bond donors (Lipinski definition) is 3. The Hall–Kier alpha value is -4.38. The maximum absolute atomic E-state index is 12.5. The van der Waals surface area contributed by atoms with Crippen LogP contribution in [0.5, 0.6) is 0 Å². The molecular weight excluding hydrogens is 400 g/mol. The first kappa shape index (κ1) is 23.9. The first-order valence-corrected chi connectivity index (χ1v) is 9.84. The molecule has 5 heteroatoms. The van der Waals surface area contributed by atoms with Crippen LogP contribution in [0, 0.1) is 0 Å². The Bertz CT molecular complexity index is 1120. The number of carbonyl (C=O) groups excluding carboxylic acids is 2. The normalized spacial score (nSPS) is 11.7. The number of allylic oxidation sites excluding steroid dienone is 6. The second-order valence-corrected chi connectivity index (χ2v) is 6.88. The Morgan fingerprint density at radius 3 is 2.16 bits per heavy atom. The second kappa shape index (κ2) is 11.7. The number of benzene rings is 2. The Labute approximate surface area is 188 Å². The second-order valence-electron chi connectivity index (χ2n) is 6.88. The minimum atomic E-state index is -0.383. The number of aliphatic hydroxyl groups is 1. The first-order valence-electron chi connectivity index (χ1n) is 9.84. The fourth-order valence-corrected chi connectivity index (χ4v) is 2.47. The van der Waals surface area contributed by atoms with E-state index in [4.69, 9.17) is 0 Å². The van der Waals surface area contributed by atoms with Crippen molar-refractivity contribution in [3.8, 4) is 0 Å². The van der Waals surface area contributed by atoms with Gasteiger partial charge < -0.3 is 15.7 Å². The number of amides is 2. The molecule has 0 radical (unpaired) electrons. The van der Waals surface area contributed by atoms with E-state index in [1.807, 2.05) is 13.0 Å². The van der Waals surface area contributed by atoms with Gasteiger partial charge in [-0.15, -0.1) is 0 Å². The fraction of sp³-hybridized carbons (Fsp3) is 0.0370. The van der Waals surface area contributed by atoms with Crippen molar-refractivity contribution >= 4 is 23.2 Å². The van der Waals surface area contributed by atoms with E-state index in [9.17, 15) is 14.7 Å². The lowest BCUT2D eigenvalue weighted by Gasteiger charge is -2.09. The molecule has 32 heavy (non-hydrogen) atoms. The Morgan fingerprint density at radius 1 is 0.875 bits per heavy atom. The molecule has 2 rings (SSSR count). The third-order valence-electron chi connectivity index (χ3n) is 4.41. The Balaban J connectivity index is 1.98. The summed E-state index contributed by atoms with van der Waals surface area (Å²) in [7, 11) is 0. The van der Waals surface area contributed by atoms with E-state index in [0.29, 0.717) is 22.5 Å². The summed E-state index contributed by atoms with van der Waals surface area (Å²) in [5.74, 6) is -0.571. The maximum Gasteiger partial charge on any atom is 0.255 e. The lowest BCUT2D eigenvalue weighted by Crippen LogP contribution is -2.14. The molecule has 0 saturated heterocycles. The smallest absolute Gasteiger partial charge is 0.255 e. The summed E-state index contributed by atoms with van der Waals surface area (Å²) in [6.07, 6.45) is 7.76. The molecule has 0 unspecified atom stereocenters. The maximum atomic E-state index is 12.5. The van der Waals surface area contributed by atoms with Crippen LogP contribution >= 0.6 is 0 Å².